The topological polar surface area (TPSA) is 120 Å². The van der Waals surface area contributed by atoms with Crippen LogP contribution in [0.2, 0.25) is 0 Å². The van der Waals surface area contributed by atoms with Gasteiger partial charge in [-0.05, 0) is 49.5 Å². The number of aliphatic hydroxyl groups is 1. The summed E-state index contributed by atoms with van der Waals surface area (Å²) < 4.78 is 60.1. The van der Waals surface area contributed by atoms with Crippen molar-refractivity contribution in [2.24, 2.45) is 11.8 Å². The van der Waals surface area contributed by atoms with Crippen LogP contribution in [-0.4, -0.2) is 73.0 Å². The van der Waals surface area contributed by atoms with E-state index in [9.17, 15) is 27.6 Å². The second kappa shape index (κ2) is 11.3. The van der Waals surface area contributed by atoms with E-state index in [2.05, 4.69) is 10.1 Å². The third-order valence-corrected chi connectivity index (χ3v) is 7.32. The molecule has 2 N–H and O–H groups in total. The highest BCUT2D eigenvalue weighted by Gasteiger charge is 2.64. The van der Waals surface area contributed by atoms with Gasteiger partial charge in [-0.15, -0.1) is 0 Å². The molecule has 1 aliphatic heterocycles. The Kier molecular flexibility index (Phi) is 8.03. The number of benzene rings is 1. The fourth-order valence-corrected chi connectivity index (χ4v) is 5.24. The van der Waals surface area contributed by atoms with E-state index in [1.807, 2.05) is 0 Å². The zero-order chi connectivity index (χ0) is 28.5. The van der Waals surface area contributed by atoms with Crippen LogP contribution in [0.1, 0.15) is 48.0 Å². The molecule has 1 aromatic rings. The molecule has 12 heteroatoms. The van der Waals surface area contributed by atoms with Crippen molar-refractivity contribution in [2.45, 2.75) is 62.4 Å². The molecule has 3 aliphatic carbocycles. The number of ether oxygens (including phenoxy) is 4. The molecule has 1 aromatic carbocycles. The van der Waals surface area contributed by atoms with Gasteiger partial charge in [0, 0.05) is 36.5 Å². The zero-order valence-electron chi connectivity index (χ0n) is 21.5. The van der Waals surface area contributed by atoms with Crippen molar-refractivity contribution >= 4 is 23.9 Å². The first-order chi connectivity index (χ1) is 19.1. The molecule has 0 aromatic heterocycles. The number of alkyl halides is 3. The van der Waals surface area contributed by atoms with Crippen molar-refractivity contribution in [3.63, 3.8) is 0 Å². The maximum atomic E-state index is 13.4. The van der Waals surface area contributed by atoms with Crippen LogP contribution in [0.25, 0.3) is 6.08 Å². The third kappa shape index (κ3) is 6.39. The minimum absolute atomic E-state index is 0.0563. The van der Waals surface area contributed by atoms with Gasteiger partial charge in [0.1, 0.15) is 18.3 Å². The number of hydrogen-bond donors (Lipinski definition) is 2. The van der Waals surface area contributed by atoms with Gasteiger partial charge in [0.15, 0.2) is 12.4 Å². The van der Waals surface area contributed by atoms with E-state index in [0.717, 1.165) is 31.8 Å². The summed E-state index contributed by atoms with van der Waals surface area (Å²) >= 11 is 0. The van der Waals surface area contributed by atoms with Crippen LogP contribution in [0, 0.1) is 11.8 Å². The maximum absolute atomic E-state index is 13.4. The predicted octanol–water partition coefficient (Wildman–Crippen LogP) is 3.07. The number of esters is 2. The first-order valence-electron chi connectivity index (χ1n) is 13.3. The van der Waals surface area contributed by atoms with E-state index in [1.165, 1.54) is 18.2 Å². The predicted molar refractivity (Wildman–Crippen MR) is 132 cm³/mol. The molecular formula is C28H30F3NO8. The van der Waals surface area contributed by atoms with Crippen molar-refractivity contribution in [3.8, 4) is 0 Å². The molecule has 1 saturated heterocycles. The number of carbonyl (C=O) groups is 3. The van der Waals surface area contributed by atoms with Crippen LogP contribution in [0.3, 0.4) is 0 Å². The molecular weight excluding hydrogens is 535 g/mol. The molecule has 0 radical (unpaired) electrons. The molecule has 1 amide bonds. The fraction of sp³-hybridized carbons (Fsp3) is 0.536. The third-order valence-electron chi connectivity index (χ3n) is 7.32. The first-order valence-corrected chi connectivity index (χ1v) is 13.3. The number of aliphatic hydroxyl groups excluding tert-OH is 1. The standard InChI is InChI=1S/C28H30F3NO8/c29-27(30,31)15-37-23(34)10-5-16-3-1-2-4-20(16)26(36)38-21-13-17(25(35)32-11-12-33)14-22-24(21)40-28(39-22,18-6-7-18)19-8-9-19/h1-5,10,14,18-19,21-22,24,33H,6-9,11-13,15H2,(H,32,35). The van der Waals surface area contributed by atoms with E-state index in [4.69, 9.17) is 19.3 Å². The summed E-state index contributed by atoms with van der Waals surface area (Å²) in [5.41, 5.74) is 0.641. The summed E-state index contributed by atoms with van der Waals surface area (Å²) in [6.07, 6.45) is 0.843. The van der Waals surface area contributed by atoms with Gasteiger partial charge >= 0.3 is 18.1 Å². The molecule has 1 heterocycles. The minimum atomic E-state index is -4.66. The summed E-state index contributed by atoms with van der Waals surface area (Å²) in [5.74, 6) is -2.68. The Labute approximate surface area is 228 Å². The SMILES string of the molecule is O=C(C=Cc1ccccc1C(=O)OC1CC(C(=O)NCCO)=CC2OC(C3CC3)(C3CC3)OC21)OCC(F)(F)F. The van der Waals surface area contributed by atoms with Gasteiger partial charge in [-0.25, -0.2) is 9.59 Å². The molecule has 0 spiro atoms. The van der Waals surface area contributed by atoms with Gasteiger partial charge in [0.25, 0.3) is 0 Å². The lowest BCUT2D eigenvalue weighted by atomic mass is 9.91. The van der Waals surface area contributed by atoms with Gasteiger partial charge in [0.2, 0.25) is 5.91 Å². The Bertz CT molecular complexity index is 1190. The summed E-state index contributed by atoms with van der Waals surface area (Å²) in [6.45, 7) is -1.90. The Balaban J connectivity index is 1.34. The second-order valence-corrected chi connectivity index (χ2v) is 10.4. The monoisotopic (exact) mass is 565 g/mol. The lowest BCUT2D eigenvalue weighted by Gasteiger charge is -2.31. The number of nitrogens with one attached hydrogen (secondary N) is 1. The van der Waals surface area contributed by atoms with Crippen molar-refractivity contribution in [1.29, 1.82) is 0 Å². The second-order valence-electron chi connectivity index (χ2n) is 10.4. The van der Waals surface area contributed by atoms with E-state index in [0.29, 0.717) is 5.57 Å². The van der Waals surface area contributed by atoms with Crippen molar-refractivity contribution in [2.75, 3.05) is 19.8 Å². The number of halogens is 3. The fourth-order valence-electron chi connectivity index (χ4n) is 5.24. The normalized spacial score (nSPS) is 25.7. The molecule has 3 unspecified atom stereocenters. The number of fused-ring (bicyclic) bond motifs is 1. The summed E-state index contributed by atoms with van der Waals surface area (Å²) in [6, 6.07) is 6.13. The van der Waals surface area contributed by atoms with Crippen LogP contribution in [-0.2, 0) is 28.5 Å². The van der Waals surface area contributed by atoms with Crippen LogP contribution >= 0.6 is 0 Å². The summed E-state index contributed by atoms with van der Waals surface area (Å²) in [7, 11) is 0. The highest BCUT2D eigenvalue weighted by atomic mass is 19.4. The van der Waals surface area contributed by atoms with E-state index >= 15 is 0 Å². The maximum Gasteiger partial charge on any atom is 0.422 e. The quantitative estimate of drug-likeness (QED) is 0.328. The lowest BCUT2D eigenvalue weighted by molar-refractivity contribution is -0.209. The van der Waals surface area contributed by atoms with Gasteiger partial charge in [-0.1, -0.05) is 18.2 Å². The molecule has 4 aliphatic rings. The summed E-state index contributed by atoms with van der Waals surface area (Å²) in [4.78, 5) is 37.9. The average Bonchev–Trinajstić information content (AvgIpc) is 3.86. The summed E-state index contributed by atoms with van der Waals surface area (Å²) in [5, 5.41) is 11.7. The van der Waals surface area contributed by atoms with Gasteiger partial charge in [-0.3, -0.25) is 4.79 Å². The average molecular weight is 566 g/mol. The highest BCUT2D eigenvalue weighted by molar-refractivity contribution is 5.96. The molecule has 40 heavy (non-hydrogen) atoms. The molecule has 0 bridgehead atoms. The van der Waals surface area contributed by atoms with Crippen molar-refractivity contribution in [3.05, 3.63) is 53.1 Å². The molecule has 5 rings (SSSR count). The minimum Gasteiger partial charge on any atom is -0.456 e. The lowest BCUT2D eigenvalue weighted by Crippen LogP contribution is -2.44. The molecule has 2 saturated carbocycles. The Morgan fingerprint density at radius 3 is 2.45 bits per heavy atom. The molecule has 216 valence electrons. The largest absolute Gasteiger partial charge is 0.456 e. The van der Waals surface area contributed by atoms with Crippen LogP contribution in [0.15, 0.2) is 42.0 Å². The smallest absolute Gasteiger partial charge is 0.422 e. The first kappa shape index (κ1) is 28.3. The number of carbonyl (C=O) groups excluding carboxylic acids is 3. The number of amides is 1. The van der Waals surface area contributed by atoms with Gasteiger partial charge in [-0.2, -0.15) is 13.2 Å². The van der Waals surface area contributed by atoms with Crippen molar-refractivity contribution in [1.82, 2.24) is 5.32 Å². The van der Waals surface area contributed by atoms with Gasteiger partial charge < -0.3 is 29.4 Å². The Morgan fingerprint density at radius 2 is 1.80 bits per heavy atom. The molecule has 3 atom stereocenters. The van der Waals surface area contributed by atoms with E-state index < -0.39 is 54.7 Å². The molecule has 3 fully saturated rings. The van der Waals surface area contributed by atoms with E-state index in [-0.39, 0.29) is 42.5 Å². The number of hydrogen-bond acceptors (Lipinski definition) is 8. The number of rotatable bonds is 10. The highest BCUT2D eigenvalue weighted by Crippen LogP contribution is 2.59. The van der Waals surface area contributed by atoms with Crippen molar-refractivity contribution < 1.29 is 51.6 Å². The Morgan fingerprint density at radius 1 is 1.10 bits per heavy atom. The van der Waals surface area contributed by atoms with Gasteiger partial charge in [0.05, 0.1) is 12.2 Å². The van der Waals surface area contributed by atoms with Crippen LogP contribution < -0.4 is 5.32 Å². The zero-order valence-corrected chi connectivity index (χ0v) is 21.5. The van der Waals surface area contributed by atoms with Crippen LogP contribution in [0.4, 0.5) is 13.2 Å². The van der Waals surface area contributed by atoms with Crippen LogP contribution in [0.5, 0.6) is 0 Å². The Hall–Kier alpha value is -3.22. The van der Waals surface area contributed by atoms with E-state index in [1.54, 1.807) is 18.2 Å². The molecule has 9 nitrogen and oxygen atoms in total.